The third kappa shape index (κ3) is 6.32. The fourth-order valence-corrected chi connectivity index (χ4v) is 0.705. The van der Waals surface area contributed by atoms with E-state index in [0.717, 1.165) is 13.0 Å². The Morgan fingerprint density at radius 2 is 2.00 bits per heavy atom. The maximum absolute atomic E-state index is 5.44. The van der Waals surface area contributed by atoms with E-state index in [0.29, 0.717) is 5.92 Å². The lowest BCUT2D eigenvalue weighted by Crippen LogP contribution is -2.17. The highest BCUT2D eigenvalue weighted by atomic mass is 16.7. The van der Waals surface area contributed by atoms with Gasteiger partial charge in [0.05, 0.1) is 13.2 Å². The second-order valence-corrected chi connectivity index (χ2v) is 2.94. The van der Waals surface area contributed by atoms with Crippen LogP contribution in [-0.4, -0.2) is 12.9 Å². The molecule has 0 aromatic carbocycles. The summed E-state index contributed by atoms with van der Waals surface area (Å²) in [5, 5.41) is 0. The third-order valence-electron chi connectivity index (χ3n) is 1.24. The van der Waals surface area contributed by atoms with Crippen LogP contribution < -0.4 is 0 Å². The maximum Gasteiger partial charge on any atom is 0.157 e. The zero-order valence-electron chi connectivity index (χ0n) is 7.96. The Labute approximate surface area is 69.9 Å². The van der Waals surface area contributed by atoms with Crippen LogP contribution in [0.15, 0.2) is 0 Å². The van der Waals surface area contributed by atoms with Gasteiger partial charge in [0.15, 0.2) is 6.29 Å². The molecular weight excluding hydrogens is 140 g/mol. The molecule has 0 spiro atoms. The van der Waals surface area contributed by atoms with Gasteiger partial charge >= 0.3 is 0 Å². The average molecular weight is 159 g/mol. The SMILES string of the molecule is C[CH]OC(CC)OCC(C)C. The van der Waals surface area contributed by atoms with E-state index in [1.807, 2.05) is 6.92 Å². The Balaban J connectivity index is 3.35. The predicted molar refractivity (Wildman–Crippen MR) is 45.9 cm³/mol. The molecule has 0 rings (SSSR count). The highest BCUT2D eigenvalue weighted by Crippen LogP contribution is 2.04. The quantitative estimate of drug-likeness (QED) is 0.554. The first-order valence-electron chi connectivity index (χ1n) is 4.25. The van der Waals surface area contributed by atoms with E-state index < -0.39 is 0 Å². The zero-order valence-corrected chi connectivity index (χ0v) is 7.96. The van der Waals surface area contributed by atoms with E-state index in [4.69, 9.17) is 9.47 Å². The standard InChI is InChI=1S/C9H19O2/c1-5-9(10-6-2)11-7-8(3)4/h6,8-9H,5,7H2,1-4H3. The molecule has 1 unspecified atom stereocenters. The van der Waals surface area contributed by atoms with Crippen molar-refractivity contribution >= 4 is 0 Å². The Bertz CT molecular complexity index is 81.6. The van der Waals surface area contributed by atoms with Crippen LogP contribution in [0.1, 0.15) is 34.1 Å². The van der Waals surface area contributed by atoms with Crippen LogP contribution >= 0.6 is 0 Å². The third-order valence-corrected chi connectivity index (χ3v) is 1.24. The van der Waals surface area contributed by atoms with Crippen molar-refractivity contribution in [3.8, 4) is 0 Å². The van der Waals surface area contributed by atoms with Crippen LogP contribution in [0.25, 0.3) is 0 Å². The summed E-state index contributed by atoms with van der Waals surface area (Å²) < 4.78 is 10.6. The van der Waals surface area contributed by atoms with Crippen molar-refractivity contribution in [3.63, 3.8) is 0 Å². The number of hydrogen-bond donors (Lipinski definition) is 0. The average Bonchev–Trinajstić information content (AvgIpc) is 1.97. The van der Waals surface area contributed by atoms with Gasteiger partial charge in [-0.3, -0.25) is 0 Å². The van der Waals surface area contributed by atoms with E-state index in [9.17, 15) is 0 Å². The molecule has 0 saturated carbocycles. The molecule has 67 valence electrons. The highest BCUT2D eigenvalue weighted by molar-refractivity contribution is 4.46. The van der Waals surface area contributed by atoms with Crippen LogP contribution in [0.4, 0.5) is 0 Å². The topological polar surface area (TPSA) is 18.5 Å². The Morgan fingerprint density at radius 3 is 2.36 bits per heavy atom. The van der Waals surface area contributed by atoms with Crippen molar-refractivity contribution in [2.75, 3.05) is 6.61 Å². The van der Waals surface area contributed by atoms with Crippen LogP contribution in [0.2, 0.25) is 0 Å². The number of ether oxygens (including phenoxy) is 2. The molecule has 0 aliphatic heterocycles. The van der Waals surface area contributed by atoms with E-state index in [-0.39, 0.29) is 6.29 Å². The molecule has 0 N–H and O–H groups in total. The van der Waals surface area contributed by atoms with Crippen molar-refractivity contribution in [2.45, 2.75) is 40.4 Å². The van der Waals surface area contributed by atoms with Gasteiger partial charge in [-0.1, -0.05) is 20.8 Å². The van der Waals surface area contributed by atoms with E-state index in [2.05, 4.69) is 20.8 Å². The first kappa shape index (κ1) is 10.9. The van der Waals surface area contributed by atoms with Crippen molar-refractivity contribution in [3.05, 3.63) is 6.61 Å². The molecule has 0 bridgehead atoms. The minimum atomic E-state index is -0.0533. The van der Waals surface area contributed by atoms with Gasteiger partial charge in [-0.05, 0) is 19.3 Å². The molecular formula is C9H19O2. The lowest BCUT2D eigenvalue weighted by Gasteiger charge is -2.16. The smallest absolute Gasteiger partial charge is 0.157 e. The summed E-state index contributed by atoms with van der Waals surface area (Å²) in [5.74, 6) is 0.574. The molecule has 11 heavy (non-hydrogen) atoms. The summed E-state index contributed by atoms with van der Waals surface area (Å²) in [6.07, 6.45) is 0.847. The van der Waals surface area contributed by atoms with Gasteiger partial charge < -0.3 is 9.47 Å². The normalized spacial score (nSPS) is 13.9. The van der Waals surface area contributed by atoms with E-state index >= 15 is 0 Å². The van der Waals surface area contributed by atoms with Gasteiger partial charge in [0.2, 0.25) is 0 Å². The molecule has 1 atom stereocenters. The monoisotopic (exact) mass is 159 g/mol. The molecule has 0 amide bonds. The van der Waals surface area contributed by atoms with Crippen LogP contribution in [-0.2, 0) is 9.47 Å². The minimum Gasteiger partial charge on any atom is -0.352 e. The molecule has 1 radical (unpaired) electrons. The fraction of sp³-hybridized carbons (Fsp3) is 0.889. The Kier molecular flexibility index (Phi) is 6.57. The lowest BCUT2D eigenvalue weighted by atomic mass is 10.2. The fourth-order valence-electron chi connectivity index (χ4n) is 0.705. The van der Waals surface area contributed by atoms with Crippen molar-refractivity contribution in [2.24, 2.45) is 5.92 Å². The lowest BCUT2D eigenvalue weighted by molar-refractivity contribution is -0.127. The van der Waals surface area contributed by atoms with Crippen molar-refractivity contribution in [1.82, 2.24) is 0 Å². The van der Waals surface area contributed by atoms with E-state index in [1.54, 1.807) is 6.61 Å². The number of hydrogen-bond acceptors (Lipinski definition) is 2. The molecule has 2 heteroatoms. The summed E-state index contributed by atoms with van der Waals surface area (Å²) >= 11 is 0. The summed E-state index contributed by atoms with van der Waals surface area (Å²) in [5.41, 5.74) is 0. The first-order valence-corrected chi connectivity index (χ1v) is 4.25. The Hall–Kier alpha value is -0.0800. The van der Waals surface area contributed by atoms with Crippen molar-refractivity contribution < 1.29 is 9.47 Å². The van der Waals surface area contributed by atoms with E-state index in [1.165, 1.54) is 0 Å². The predicted octanol–water partition coefficient (Wildman–Crippen LogP) is 2.59. The number of rotatable bonds is 6. The molecule has 0 aliphatic carbocycles. The van der Waals surface area contributed by atoms with Gasteiger partial charge in [-0.25, -0.2) is 0 Å². The van der Waals surface area contributed by atoms with Gasteiger partial charge in [0.25, 0.3) is 0 Å². The van der Waals surface area contributed by atoms with Crippen LogP contribution in [0.3, 0.4) is 0 Å². The molecule has 2 nitrogen and oxygen atoms in total. The summed E-state index contributed by atoms with van der Waals surface area (Å²) in [7, 11) is 0. The minimum absolute atomic E-state index is 0.0533. The molecule has 0 aromatic rings. The maximum atomic E-state index is 5.44. The first-order chi connectivity index (χ1) is 5.20. The second-order valence-electron chi connectivity index (χ2n) is 2.94. The van der Waals surface area contributed by atoms with Gasteiger partial charge in [0.1, 0.15) is 0 Å². The van der Waals surface area contributed by atoms with Crippen LogP contribution in [0.5, 0.6) is 0 Å². The summed E-state index contributed by atoms with van der Waals surface area (Å²) in [6.45, 7) is 10.6. The zero-order chi connectivity index (χ0) is 8.69. The van der Waals surface area contributed by atoms with Crippen LogP contribution in [0, 0.1) is 12.5 Å². The summed E-state index contributed by atoms with van der Waals surface area (Å²) in [6, 6.07) is 0. The summed E-state index contributed by atoms with van der Waals surface area (Å²) in [4.78, 5) is 0. The van der Waals surface area contributed by atoms with Gasteiger partial charge in [0, 0.05) is 0 Å². The Morgan fingerprint density at radius 1 is 1.36 bits per heavy atom. The largest absolute Gasteiger partial charge is 0.352 e. The molecule has 0 aliphatic rings. The molecule has 0 aromatic heterocycles. The molecule has 0 saturated heterocycles. The molecule has 0 heterocycles. The second kappa shape index (κ2) is 6.62. The highest BCUT2D eigenvalue weighted by Gasteiger charge is 2.05. The van der Waals surface area contributed by atoms with Gasteiger partial charge in [-0.2, -0.15) is 0 Å². The van der Waals surface area contributed by atoms with Crippen molar-refractivity contribution in [1.29, 1.82) is 0 Å². The molecule has 0 fully saturated rings. The van der Waals surface area contributed by atoms with Gasteiger partial charge in [-0.15, -0.1) is 0 Å².